The van der Waals surface area contributed by atoms with Crippen LogP contribution in [-0.4, -0.2) is 19.8 Å². The second-order valence-electron chi connectivity index (χ2n) is 5.52. The Morgan fingerprint density at radius 1 is 1.14 bits per heavy atom. The van der Waals surface area contributed by atoms with Crippen molar-refractivity contribution >= 4 is 0 Å². The molecule has 0 aliphatic carbocycles. The van der Waals surface area contributed by atoms with Crippen LogP contribution in [0.5, 0.6) is 11.5 Å². The van der Waals surface area contributed by atoms with Gasteiger partial charge < -0.3 is 14.8 Å². The molecule has 0 amide bonds. The second kappa shape index (κ2) is 10.5. The molecule has 0 heterocycles. The minimum absolute atomic E-state index is 0.199. The maximum absolute atomic E-state index is 6.05. The fraction of sp³-hybridized carbons (Fsp3) is 0.667. The van der Waals surface area contributed by atoms with Crippen molar-refractivity contribution in [2.24, 2.45) is 0 Å². The van der Waals surface area contributed by atoms with E-state index in [0.29, 0.717) is 0 Å². The van der Waals surface area contributed by atoms with Gasteiger partial charge in [-0.15, -0.1) is 0 Å². The van der Waals surface area contributed by atoms with Crippen molar-refractivity contribution in [2.75, 3.05) is 13.7 Å². The summed E-state index contributed by atoms with van der Waals surface area (Å²) in [4.78, 5) is 0. The molecule has 1 aromatic rings. The molecule has 3 nitrogen and oxygen atoms in total. The van der Waals surface area contributed by atoms with Gasteiger partial charge in [0.2, 0.25) is 0 Å². The van der Waals surface area contributed by atoms with E-state index in [1.807, 2.05) is 12.1 Å². The molecule has 0 aliphatic rings. The summed E-state index contributed by atoms with van der Waals surface area (Å²) in [7, 11) is 1.70. The summed E-state index contributed by atoms with van der Waals surface area (Å²) in [5, 5.41) is 3.51. The molecule has 1 N–H and O–H groups in total. The predicted molar refractivity (Wildman–Crippen MR) is 89.2 cm³/mol. The number of hydrogen-bond donors (Lipinski definition) is 1. The number of nitrogens with one attached hydrogen (secondary N) is 1. The third kappa shape index (κ3) is 6.38. The van der Waals surface area contributed by atoms with Gasteiger partial charge in [0.15, 0.2) is 11.5 Å². The van der Waals surface area contributed by atoms with E-state index < -0.39 is 0 Å². The number of benzene rings is 1. The Bertz CT molecular complexity index is 393. The van der Waals surface area contributed by atoms with Crippen molar-refractivity contribution in [3.63, 3.8) is 0 Å². The first-order chi connectivity index (χ1) is 10.2. The molecule has 0 aliphatic heterocycles. The van der Waals surface area contributed by atoms with Gasteiger partial charge in [-0.2, -0.15) is 0 Å². The molecule has 1 atom stereocenters. The molecule has 1 unspecified atom stereocenters. The van der Waals surface area contributed by atoms with Crippen molar-refractivity contribution in [1.82, 2.24) is 5.32 Å². The molecule has 0 saturated heterocycles. The Kier molecular flexibility index (Phi) is 8.91. The standard InChI is InChI=1S/C18H31NO2/c1-5-7-8-9-13-19-14-16-11-10-12-17(20-4)18(16)21-15(3)6-2/h10-12,15,19H,5-9,13-14H2,1-4H3. The number of methoxy groups -OCH3 is 1. The molecule has 1 rings (SSSR count). The van der Waals surface area contributed by atoms with Crippen LogP contribution in [0.4, 0.5) is 0 Å². The van der Waals surface area contributed by atoms with Gasteiger partial charge in [0.05, 0.1) is 13.2 Å². The molecule has 0 fully saturated rings. The highest BCUT2D eigenvalue weighted by Crippen LogP contribution is 2.32. The molecule has 3 heteroatoms. The third-order valence-corrected chi connectivity index (χ3v) is 3.70. The topological polar surface area (TPSA) is 30.5 Å². The van der Waals surface area contributed by atoms with Gasteiger partial charge in [-0.25, -0.2) is 0 Å². The molecular weight excluding hydrogens is 262 g/mol. The van der Waals surface area contributed by atoms with Gasteiger partial charge in [0.1, 0.15) is 0 Å². The van der Waals surface area contributed by atoms with E-state index in [1.54, 1.807) is 7.11 Å². The van der Waals surface area contributed by atoms with Gasteiger partial charge in [-0.3, -0.25) is 0 Å². The number of ether oxygens (including phenoxy) is 2. The maximum Gasteiger partial charge on any atom is 0.166 e. The normalized spacial score (nSPS) is 12.2. The molecule has 0 aromatic heterocycles. The van der Waals surface area contributed by atoms with Crippen LogP contribution in [0.25, 0.3) is 0 Å². The molecule has 0 spiro atoms. The zero-order valence-corrected chi connectivity index (χ0v) is 14.1. The number of hydrogen-bond acceptors (Lipinski definition) is 3. The lowest BCUT2D eigenvalue weighted by Crippen LogP contribution is -2.17. The first-order valence-electron chi connectivity index (χ1n) is 8.26. The fourth-order valence-corrected chi connectivity index (χ4v) is 2.18. The quantitative estimate of drug-likeness (QED) is 0.607. The van der Waals surface area contributed by atoms with Gasteiger partial charge in [0.25, 0.3) is 0 Å². The van der Waals surface area contributed by atoms with E-state index in [9.17, 15) is 0 Å². The smallest absolute Gasteiger partial charge is 0.166 e. The fourth-order valence-electron chi connectivity index (χ4n) is 2.18. The number of rotatable bonds is 11. The van der Waals surface area contributed by atoms with E-state index in [1.165, 1.54) is 31.2 Å². The molecule has 120 valence electrons. The summed E-state index contributed by atoms with van der Waals surface area (Å²) in [6, 6.07) is 6.10. The van der Waals surface area contributed by atoms with E-state index >= 15 is 0 Å². The maximum atomic E-state index is 6.05. The Morgan fingerprint density at radius 2 is 1.95 bits per heavy atom. The summed E-state index contributed by atoms with van der Waals surface area (Å²) in [6.45, 7) is 8.34. The van der Waals surface area contributed by atoms with Crippen molar-refractivity contribution in [3.8, 4) is 11.5 Å². The highest BCUT2D eigenvalue weighted by atomic mass is 16.5. The van der Waals surface area contributed by atoms with Crippen LogP contribution in [0.1, 0.15) is 58.4 Å². The minimum atomic E-state index is 0.199. The minimum Gasteiger partial charge on any atom is -0.493 e. The van der Waals surface area contributed by atoms with Crippen LogP contribution < -0.4 is 14.8 Å². The Balaban J connectivity index is 2.59. The number of unbranched alkanes of at least 4 members (excludes halogenated alkanes) is 3. The van der Waals surface area contributed by atoms with Crippen molar-refractivity contribution in [1.29, 1.82) is 0 Å². The van der Waals surface area contributed by atoms with Gasteiger partial charge in [-0.1, -0.05) is 45.2 Å². The molecule has 21 heavy (non-hydrogen) atoms. The van der Waals surface area contributed by atoms with Crippen LogP contribution in [-0.2, 0) is 6.54 Å². The zero-order valence-electron chi connectivity index (χ0n) is 14.1. The SMILES string of the molecule is CCCCCCNCc1cccc(OC)c1OC(C)CC. The van der Waals surface area contributed by atoms with Gasteiger partial charge >= 0.3 is 0 Å². The highest BCUT2D eigenvalue weighted by Gasteiger charge is 2.12. The van der Waals surface area contributed by atoms with Crippen molar-refractivity contribution < 1.29 is 9.47 Å². The van der Waals surface area contributed by atoms with E-state index in [2.05, 4.69) is 32.2 Å². The lowest BCUT2D eigenvalue weighted by molar-refractivity contribution is 0.205. The first-order valence-corrected chi connectivity index (χ1v) is 8.26. The molecular formula is C18H31NO2. The largest absolute Gasteiger partial charge is 0.493 e. The van der Waals surface area contributed by atoms with Crippen molar-refractivity contribution in [2.45, 2.75) is 65.5 Å². The van der Waals surface area contributed by atoms with Gasteiger partial charge in [0, 0.05) is 12.1 Å². The van der Waals surface area contributed by atoms with Crippen LogP contribution in [0.15, 0.2) is 18.2 Å². The lowest BCUT2D eigenvalue weighted by Gasteiger charge is -2.19. The van der Waals surface area contributed by atoms with Crippen LogP contribution in [0, 0.1) is 0 Å². The second-order valence-corrected chi connectivity index (χ2v) is 5.52. The summed E-state index contributed by atoms with van der Waals surface area (Å²) < 4.78 is 11.5. The summed E-state index contributed by atoms with van der Waals surface area (Å²) in [5.74, 6) is 1.70. The Labute approximate surface area is 130 Å². The average molecular weight is 293 g/mol. The first kappa shape index (κ1) is 17.8. The Hall–Kier alpha value is -1.22. The lowest BCUT2D eigenvalue weighted by atomic mass is 10.1. The molecule has 1 aromatic carbocycles. The number of para-hydroxylation sites is 1. The average Bonchev–Trinajstić information content (AvgIpc) is 2.51. The van der Waals surface area contributed by atoms with E-state index in [-0.39, 0.29) is 6.10 Å². The third-order valence-electron chi connectivity index (χ3n) is 3.70. The molecule has 0 radical (unpaired) electrons. The molecule has 0 bridgehead atoms. The van der Waals surface area contributed by atoms with Crippen molar-refractivity contribution in [3.05, 3.63) is 23.8 Å². The van der Waals surface area contributed by atoms with Crippen LogP contribution in [0.3, 0.4) is 0 Å². The predicted octanol–water partition coefficient (Wildman–Crippen LogP) is 4.54. The van der Waals surface area contributed by atoms with Crippen LogP contribution >= 0.6 is 0 Å². The van der Waals surface area contributed by atoms with Gasteiger partial charge in [-0.05, 0) is 32.4 Å². The highest BCUT2D eigenvalue weighted by molar-refractivity contribution is 5.46. The summed E-state index contributed by atoms with van der Waals surface area (Å²) >= 11 is 0. The Morgan fingerprint density at radius 3 is 2.62 bits per heavy atom. The summed E-state index contributed by atoms with van der Waals surface area (Å²) in [5.41, 5.74) is 1.17. The van der Waals surface area contributed by atoms with Crippen LogP contribution in [0.2, 0.25) is 0 Å². The summed E-state index contributed by atoms with van der Waals surface area (Å²) in [6.07, 6.45) is 6.33. The van der Waals surface area contributed by atoms with E-state index in [0.717, 1.165) is 31.0 Å². The van der Waals surface area contributed by atoms with E-state index in [4.69, 9.17) is 9.47 Å². The molecule has 0 saturated carbocycles. The zero-order chi connectivity index (χ0) is 15.5. The monoisotopic (exact) mass is 293 g/mol.